The van der Waals surface area contributed by atoms with E-state index in [1.807, 2.05) is 6.92 Å². The van der Waals surface area contributed by atoms with Crippen molar-refractivity contribution in [3.8, 4) is 0 Å². The van der Waals surface area contributed by atoms with Gasteiger partial charge in [-0.1, -0.05) is 13.3 Å². The molecule has 1 saturated heterocycles. The van der Waals surface area contributed by atoms with E-state index in [-0.39, 0.29) is 29.6 Å². The van der Waals surface area contributed by atoms with Crippen molar-refractivity contribution in [1.82, 2.24) is 25.0 Å². The Hall–Kier alpha value is -2.25. The zero-order chi connectivity index (χ0) is 19.1. The molecule has 4 rings (SSSR count). The molecule has 1 aromatic rings. The number of nitrogens with zero attached hydrogens (tertiary/aromatic N) is 4. The fraction of sp³-hybridized carbons (Fsp3) is 0.737. The number of hydrogen-bond acceptors (Lipinski definition) is 5. The van der Waals surface area contributed by atoms with Crippen molar-refractivity contribution >= 4 is 17.7 Å². The van der Waals surface area contributed by atoms with Gasteiger partial charge >= 0.3 is 0 Å². The van der Waals surface area contributed by atoms with Crippen LogP contribution in [0.5, 0.6) is 0 Å². The van der Waals surface area contributed by atoms with Gasteiger partial charge in [-0.15, -0.1) is 10.2 Å². The summed E-state index contributed by atoms with van der Waals surface area (Å²) in [5, 5.41) is 11.5. The molecular weight excluding hydrogens is 346 g/mol. The Labute approximate surface area is 158 Å². The Morgan fingerprint density at radius 1 is 1.15 bits per heavy atom. The fourth-order valence-electron chi connectivity index (χ4n) is 4.97. The summed E-state index contributed by atoms with van der Waals surface area (Å²) in [6.45, 7) is 3.19. The minimum absolute atomic E-state index is 0.0741. The van der Waals surface area contributed by atoms with Gasteiger partial charge in [0, 0.05) is 20.0 Å². The first kappa shape index (κ1) is 18.1. The third-order valence-corrected chi connectivity index (χ3v) is 6.54. The van der Waals surface area contributed by atoms with Gasteiger partial charge in [0.15, 0.2) is 5.82 Å². The first-order chi connectivity index (χ1) is 13.0. The Morgan fingerprint density at radius 2 is 1.96 bits per heavy atom. The van der Waals surface area contributed by atoms with Gasteiger partial charge in [-0.05, 0) is 31.6 Å². The highest BCUT2D eigenvalue weighted by atomic mass is 16.2. The Balaban J connectivity index is 1.48. The molecule has 8 heteroatoms. The van der Waals surface area contributed by atoms with E-state index in [0.29, 0.717) is 13.0 Å². The molecule has 1 aromatic heterocycles. The Kier molecular flexibility index (Phi) is 4.74. The summed E-state index contributed by atoms with van der Waals surface area (Å²) >= 11 is 0. The number of fused-ring (bicyclic) bond motifs is 2. The fourth-order valence-corrected chi connectivity index (χ4v) is 4.97. The zero-order valence-electron chi connectivity index (χ0n) is 16.0. The second kappa shape index (κ2) is 7.05. The molecule has 2 aliphatic heterocycles. The summed E-state index contributed by atoms with van der Waals surface area (Å²) in [5.74, 6) is -0.0142. The van der Waals surface area contributed by atoms with Crippen molar-refractivity contribution in [3.05, 3.63) is 11.6 Å². The van der Waals surface area contributed by atoms with Gasteiger partial charge in [0.1, 0.15) is 5.82 Å². The van der Waals surface area contributed by atoms with Crippen LogP contribution in [0.4, 0.5) is 0 Å². The van der Waals surface area contributed by atoms with Crippen LogP contribution in [0, 0.1) is 23.7 Å². The van der Waals surface area contributed by atoms with Crippen molar-refractivity contribution in [1.29, 1.82) is 0 Å². The number of aromatic nitrogens is 3. The van der Waals surface area contributed by atoms with E-state index >= 15 is 0 Å². The van der Waals surface area contributed by atoms with Crippen LogP contribution in [0.15, 0.2) is 0 Å². The number of carbonyl (C=O) groups is 3. The predicted molar refractivity (Wildman–Crippen MR) is 96.1 cm³/mol. The maximum atomic E-state index is 13.0. The SMILES string of the molecule is C[C@@H]1CC[C@@H]2C(=O)N(C)C(=O)[C@H]2[C@@H]1C(=O)NCc1nnc2n1CCCCC2. The van der Waals surface area contributed by atoms with E-state index in [1.165, 1.54) is 18.4 Å². The number of likely N-dealkylation sites (tertiary alicyclic amines) is 1. The lowest BCUT2D eigenvalue weighted by atomic mass is 9.67. The van der Waals surface area contributed by atoms with E-state index < -0.39 is 11.8 Å². The molecule has 3 aliphatic rings. The van der Waals surface area contributed by atoms with Crippen LogP contribution in [0.1, 0.15) is 50.7 Å². The summed E-state index contributed by atoms with van der Waals surface area (Å²) in [4.78, 5) is 39.1. The standard InChI is InChI=1S/C19H27N5O3/c1-11-7-8-12-16(19(27)23(2)18(12)26)15(11)17(25)20-10-14-22-21-13-6-4-3-5-9-24(13)14/h11-12,15-16H,3-10H2,1-2H3,(H,20,25)/t11-,12+,15-,16-/m1/s1. The molecule has 27 heavy (non-hydrogen) atoms. The van der Waals surface area contributed by atoms with Crippen LogP contribution >= 0.6 is 0 Å². The number of hydrogen-bond donors (Lipinski definition) is 1. The minimum atomic E-state index is -0.526. The summed E-state index contributed by atoms with van der Waals surface area (Å²) in [7, 11) is 1.52. The van der Waals surface area contributed by atoms with Crippen molar-refractivity contribution in [3.63, 3.8) is 0 Å². The van der Waals surface area contributed by atoms with Crippen LogP contribution < -0.4 is 5.32 Å². The third kappa shape index (κ3) is 3.04. The molecule has 3 amide bonds. The quantitative estimate of drug-likeness (QED) is 0.794. The molecule has 1 N–H and O–H groups in total. The smallest absolute Gasteiger partial charge is 0.233 e. The molecule has 0 radical (unpaired) electrons. The highest BCUT2D eigenvalue weighted by Gasteiger charge is 2.54. The maximum absolute atomic E-state index is 13.0. The summed E-state index contributed by atoms with van der Waals surface area (Å²) < 4.78 is 2.11. The monoisotopic (exact) mass is 373 g/mol. The van der Waals surface area contributed by atoms with Crippen LogP contribution in [0.3, 0.4) is 0 Å². The largest absolute Gasteiger partial charge is 0.349 e. The lowest BCUT2D eigenvalue weighted by Crippen LogP contribution is -2.45. The number of carbonyl (C=O) groups excluding carboxylic acids is 3. The van der Waals surface area contributed by atoms with E-state index in [0.717, 1.165) is 43.9 Å². The molecule has 146 valence electrons. The van der Waals surface area contributed by atoms with Gasteiger partial charge in [-0.2, -0.15) is 0 Å². The highest BCUT2D eigenvalue weighted by Crippen LogP contribution is 2.44. The molecule has 4 atom stereocenters. The summed E-state index contributed by atoms with van der Waals surface area (Å²) in [6.07, 6.45) is 5.79. The normalized spacial score (nSPS) is 30.7. The van der Waals surface area contributed by atoms with Gasteiger partial charge < -0.3 is 9.88 Å². The van der Waals surface area contributed by atoms with Gasteiger partial charge in [0.25, 0.3) is 0 Å². The van der Waals surface area contributed by atoms with Crippen LogP contribution in [-0.4, -0.2) is 44.4 Å². The Bertz CT molecular complexity index is 773. The van der Waals surface area contributed by atoms with Gasteiger partial charge in [0.05, 0.1) is 24.3 Å². The molecular formula is C19H27N5O3. The van der Waals surface area contributed by atoms with Crippen molar-refractivity contribution in [2.24, 2.45) is 23.7 Å². The average molecular weight is 373 g/mol. The summed E-state index contributed by atoms with van der Waals surface area (Å²) in [5.41, 5.74) is 0. The molecule has 0 aromatic carbocycles. The van der Waals surface area contributed by atoms with Crippen molar-refractivity contribution in [2.45, 2.75) is 58.5 Å². The number of rotatable bonds is 3. The molecule has 1 saturated carbocycles. The zero-order valence-corrected chi connectivity index (χ0v) is 16.0. The number of imide groups is 1. The van der Waals surface area contributed by atoms with Crippen molar-refractivity contribution < 1.29 is 14.4 Å². The first-order valence-electron chi connectivity index (χ1n) is 9.99. The van der Waals surface area contributed by atoms with E-state index in [4.69, 9.17) is 0 Å². The molecule has 2 fully saturated rings. The topological polar surface area (TPSA) is 97.2 Å². The van der Waals surface area contributed by atoms with E-state index in [2.05, 4.69) is 20.1 Å². The Morgan fingerprint density at radius 3 is 2.78 bits per heavy atom. The lowest BCUT2D eigenvalue weighted by molar-refractivity contribution is -0.141. The van der Waals surface area contributed by atoms with Crippen LogP contribution in [-0.2, 0) is 33.9 Å². The van der Waals surface area contributed by atoms with E-state index in [9.17, 15) is 14.4 Å². The molecule has 8 nitrogen and oxygen atoms in total. The predicted octanol–water partition coefficient (Wildman–Crippen LogP) is 0.898. The highest BCUT2D eigenvalue weighted by molar-refractivity contribution is 6.06. The van der Waals surface area contributed by atoms with E-state index in [1.54, 1.807) is 0 Å². The lowest BCUT2D eigenvalue weighted by Gasteiger charge is -2.34. The average Bonchev–Trinajstić information content (AvgIpc) is 3.01. The molecule has 0 spiro atoms. The second-order valence-corrected chi connectivity index (χ2v) is 8.16. The van der Waals surface area contributed by atoms with Crippen LogP contribution in [0.2, 0.25) is 0 Å². The summed E-state index contributed by atoms with van der Waals surface area (Å²) in [6, 6.07) is 0. The molecule has 3 heterocycles. The second-order valence-electron chi connectivity index (χ2n) is 8.16. The third-order valence-electron chi connectivity index (χ3n) is 6.54. The molecule has 1 aliphatic carbocycles. The minimum Gasteiger partial charge on any atom is -0.349 e. The maximum Gasteiger partial charge on any atom is 0.233 e. The van der Waals surface area contributed by atoms with Gasteiger partial charge in [-0.25, -0.2) is 0 Å². The molecule has 0 unspecified atom stereocenters. The first-order valence-corrected chi connectivity index (χ1v) is 9.99. The number of aryl methyl sites for hydroxylation is 1. The molecule has 0 bridgehead atoms. The van der Waals surface area contributed by atoms with Gasteiger partial charge in [0.2, 0.25) is 17.7 Å². The van der Waals surface area contributed by atoms with Crippen LogP contribution in [0.25, 0.3) is 0 Å². The van der Waals surface area contributed by atoms with Gasteiger partial charge in [-0.3, -0.25) is 19.3 Å². The van der Waals surface area contributed by atoms with Crippen molar-refractivity contribution in [2.75, 3.05) is 7.05 Å². The number of amides is 3. The number of nitrogens with one attached hydrogen (secondary N) is 1.